The fourth-order valence-corrected chi connectivity index (χ4v) is 4.12. The van der Waals surface area contributed by atoms with Crippen LogP contribution in [-0.2, 0) is 9.59 Å². The van der Waals surface area contributed by atoms with Crippen molar-refractivity contribution in [1.82, 2.24) is 14.9 Å². The van der Waals surface area contributed by atoms with Crippen molar-refractivity contribution < 1.29 is 14.7 Å². The Bertz CT molecular complexity index is 718. The van der Waals surface area contributed by atoms with Gasteiger partial charge in [0.15, 0.2) is 0 Å². The van der Waals surface area contributed by atoms with E-state index in [1.807, 2.05) is 13.8 Å². The Morgan fingerprint density at radius 1 is 1.25 bits per heavy atom. The van der Waals surface area contributed by atoms with E-state index in [-0.39, 0.29) is 17.7 Å². The molecule has 24 heavy (non-hydrogen) atoms. The number of carboxylic acid groups (broad SMARTS) is 1. The van der Waals surface area contributed by atoms with Gasteiger partial charge < -0.3 is 14.9 Å². The molecule has 1 aliphatic carbocycles. The highest BCUT2D eigenvalue weighted by Crippen LogP contribution is 2.46. The number of nitrogens with zero attached hydrogens (tertiary/aromatic N) is 4. The largest absolute Gasteiger partial charge is 0.481 e. The number of aromatic nitrogens is 2. The first-order valence-corrected chi connectivity index (χ1v) is 8.48. The molecule has 1 saturated carbocycles. The number of hydrogen-bond donors (Lipinski definition) is 1. The number of carbonyl (C=O) groups is 2. The molecule has 1 N–H and O–H groups in total. The molecule has 128 valence electrons. The fourth-order valence-electron chi connectivity index (χ4n) is 4.12. The lowest BCUT2D eigenvalue weighted by Crippen LogP contribution is -2.42. The number of aliphatic carboxylic acids is 1. The molecule has 0 spiro atoms. The number of fused-ring (bicyclic) bond motifs is 1. The maximum absolute atomic E-state index is 12.4. The van der Waals surface area contributed by atoms with Gasteiger partial charge in [0.25, 0.3) is 0 Å². The van der Waals surface area contributed by atoms with Gasteiger partial charge in [-0.2, -0.15) is 0 Å². The summed E-state index contributed by atoms with van der Waals surface area (Å²) in [5.41, 5.74) is 0.0718. The average molecular weight is 330 g/mol. The zero-order chi connectivity index (χ0) is 17.1. The Labute approximate surface area is 140 Å². The monoisotopic (exact) mass is 330 g/mol. The number of carboxylic acids is 1. The number of anilines is 1. The minimum atomic E-state index is -0.879. The number of amides is 1. The van der Waals surface area contributed by atoms with Gasteiger partial charge in [0.2, 0.25) is 5.91 Å². The van der Waals surface area contributed by atoms with E-state index in [9.17, 15) is 14.7 Å². The fraction of sp³-hybridized carbons (Fsp3) is 0.647. The SMILES string of the molecule is Cc1ncc(C)c(N2C[C@H]3CN(C(=O)C4CC4)C[C@@]3(C(=O)O)C2)n1. The lowest BCUT2D eigenvalue weighted by molar-refractivity contribution is -0.148. The van der Waals surface area contributed by atoms with Crippen LogP contribution in [0.5, 0.6) is 0 Å². The summed E-state index contributed by atoms with van der Waals surface area (Å²) in [6.45, 7) is 5.67. The third-order valence-corrected chi connectivity index (χ3v) is 5.64. The van der Waals surface area contributed by atoms with E-state index >= 15 is 0 Å². The molecule has 0 bridgehead atoms. The van der Waals surface area contributed by atoms with Crippen molar-refractivity contribution in [2.75, 3.05) is 31.1 Å². The van der Waals surface area contributed by atoms with Crippen LogP contribution >= 0.6 is 0 Å². The first-order chi connectivity index (χ1) is 11.4. The van der Waals surface area contributed by atoms with Gasteiger partial charge in [-0.05, 0) is 26.7 Å². The summed E-state index contributed by atoms with van der Waals surface area (Å²) in [6, 6.07) is 0. The molecule has 7 nitrogen and oxygen atoms in total. The minimum Gasteiger partial charge on any atom is -0.481 e. The Morgan fingerprint density at radius 2 is 2.00 bits per heavy atom. The van der Waals surface area contributed by atoms with Gasteiger partial charge in [-0.15, -0.1) is 0 Å². The lowest BCUT2D eigenvalue weighted by Gasteiger charge is -2.26. The molecule has 0 unspecified atom stereocenters. The smallest absolute Gasteiger partial charge is 0.313 e. The van der Waals surface area contributed by atoms with Crippen molar-refractivity contribution in [2.24, 2.45) is 17.3 Å². The second-order valence-electron chi connectivity index (χ2n) is 7.46. The molecule has 2 saturated heterocycles. The maximum atomic E-state index is 12.4. The van der Waals surface area contributed by atoms with Crippen LogP contribution in [0.3, 0.4) is 0 Å². The van der Waals surface area contributed by atoms with Crippen LogP contribution in [0.4, 0.5) is 5.82 Å². The van der Waals surface area contributed by atoms with Gasteiger partial charge in [0.05, 0.1) is 0 Å². The highest BCUT2D eigenvalue weighted by atomic mass is 16.4. The number of hydrogen-bond acceptors (Lipinski definition) is 5. The summed E-state index contributed by atoms with van der Waals surface area (Å²) in [4.78, 5) is 37.0. The Hall–Kier alpha value is -2.18. The number of likely N-dealkylation sites (tertiary alicyclic amines) is 1. The summed E-state index contributed by atoms with van der Waals surface area (Å²) in [5.74, 6) is 0.931. The molecule has 1 aromatic rings. The molecule has 2 atom stereocenters. The first-order valence-electron chi connectivity index (χ1n) is 8.48. The van der Waals surface area contributed by atoms with Crippen LogP contribution in [0.1, 0.15) is 24.2 Å². The molecule has 1 aromatic heterocycles. The van der Waals surface area contributed by atoms with Crippen molar-refractivity contribution in [2.45, 2.75) is 26.7 Å². The topological polar surface area (TPSA) is 86.6 Å². The zero-order valence-corrected chi connectivity index (χ0v) is 14.0. The standard InChI is InChI=1S/C17H22N4O3/c1-10-5-18-11(2)19-14(10)20-6-13-7-21(15(22)12-3-4-12)9-17(13,8-20)16(23)24/h5,12-13H,3-4,6-9H2,1-2H3,(H,23,24)/t13-,17-/m0/s1. The van der Waals surface area contributed by atoms with Gasteiger partial charge >= 0.3 is 5.97 Å². The minimum absolute atomic E-state index is 0.0487. The van der Waals surface area contributed by atoms with Crippen LogP contribution in [0.2, 0.25) is 0 Å². The second kappa shape index (κ2) is 5.16. The van der Waals surface area contributed by atoms with E-state index in [2.05, 4.69) is 14.9 Å². The maximum Gasteiger partial charge on any atom is 0.313 e. The van der Waals surface area contributed by atoms with E-state index in [4.69, 9.17) is 0 Å². The van der Waals surface area contributed by atoms with Crippen molar-refractivity contribution in [1.29, 1.82) is 0 Å². The number of carbonyl (C=O) groups excluding carboxylic acids is 1. The molecular formula is C17H22N4O3. The summed E-state index contributed by atoms with van der Waals surface area (Å²) in [6.07, 6.45) is 3.68. The lowest BCUT2D eigenvalue weighted by atomic mass is 9.81. The molecule has 2 aliphatic heterocycles. The van der Waals surface area contributed by atoms with Crippen molar-refractivity contribution >= 4 is 17.7 Å². The van der Waals surface area contributed by atoms with Gasteiger partial charge in [0.1, 0.15) is 17.1 Å². The molecule has 0 radical (unpaired) electrons. The molecule has 3 aliphatic rings. The molecule has 3 fully saturated rings. The second-order valence-corrected chi connectivity index (χ2v) is 7.46. The number of rotatable bonds is 3. The van der Waals surface area contributed by atoms with Crippen LogP contribution in [0.15, 0.2) is 6.20 Å². The average Bonchev–Trinajstić information content (AvgIpc) is 3.21. The summed E-state index contributed by atoms with van der Waals surface area (Å²) < 4.78 is 0. The summed E-state index contributed by atoms with van der Waals surface area (Å²) in [7, 11) is 0. The van der Waals surface area contributed by atoms with Crippen LogP contribution in [-0.4, -0.2) is 58.0 Å². The summed E-state index contributed by atoms with van der Waals surface area (Å²) in [5, 5.41) is 9.92. The van der Waals surface area contributed by atoms with Crippen LogP contribution in [0.25, 0.3) is 0 Å². The van der Waals surface area contributed by atoms with Gasteiger partial charge in [-0.1, -0.05) is 0 Å². The van der Waals surface area contributed by atoms with E-state index < -0.39 is 11.4 Å². The van der Waals surface area contributed by atoms with E-state index in [1.165, 1.54) is 0 Å². The first kappa shape index (κ1) is 15.4. The molecule has 4 rings (SSSR count). The highest BCUT2D eigenvalue weighted by molar-refractivity contribution is 5.85. The van der Waals surface area contributed by atoms with Crippen molar-refractivity contribution in [3.8, 4) is 0 Å². The molecule has 0 aromatic carbocycles. The third kappa shape index (κ3) is 2.25. The molecule has 3 heterocycles. The number of aryl methyl sites for hydroxylation is 2. The Morgan fingerprint density at radius 3 is 2.62 bits per heavy atom. The van der Waals surface area contributed by atoms with Gasteiger partial charge in [-0.3, -0.25) is 9.59 Å². The zero-order valence-electron chi connectivity index (χ0n) is 14.0. The predicted octanol–water partition coefficient (Wildman–Crippen LogP) is 0.853. The predicted molar refractivity (Wildman–Crippen MR) is 86.6 cm³/mol. The Balaban J connectivity index is 1.60. The van der Waals surface area contributed by atoms with Crippen LogP contribution in [0, 0.1) is 31.1 Å². The van der Waals surface area contributed by atoms with Gasteiger partial charge in [-0.25, -0.2) is 9.97 Å². The quantitative estimate of drug-likeness (QED) is 0.884. The third-order valence-electron chi connectivity index (χ3n) is 5.64. The van der Waals surface area contributed by atoms with E-state index in [1.54, 1.807) is 11.1 Å². The Kier molecular flexibility index (Phi) is 3.30. The van der Waals surface area contributed by atoms with E-state index in [0.717, 1.165) is 24.2 Å². The molecule has 7 heteroatoms. The van der Waals surface area contributed by atoms with Crippen LogP contribution < -0.4 is 4.90 Å². The van der Waals surface area contributed by atoms with Crippen molar-refractivity contribution in [3.63, 3.8) is 0 Å². The summed E-state index contributed by atoms with van der Waals surface area (Å²) >= 11 is 0. The van der Waals surface area contributed by atoms with Gasteiger partial charge in [0, 0.05) is 49.8 Å². The molecular weight excluding hydrogens is 308 g/mol. The van der Waals surface area contributed by atoms with Crippen molar-refractivity contribution in [3.05, 3.63) is 17.6 Å². The molecule has 1 amide bonds. The normalized spacial score (nSPS) is 29.0. The highest BCUT2D eigenvalue weighted by Gasteiger charge is 2.59. The van der Waals surface area contributed by atoms with E-state index in [0.29, 0.717) is 32.0 Å².